The topological polar surface area (TPSA) is 76.0 Å². The number of hydrogen-bond donors (Lipinski definition) is 0. The molecule has 2 unspecified atom stereocenters. The predicted octanol–water partition coefficient (Wildman–Crippen LogP) is 4.14. The van der Waals surface area contributed by atoms with Crippen molar-refractivity contribution in [1.29, 1.82) is 0 Å². The minimum absolute atomic E-state index is 0.161. The molecule has 1 aliphatic rings. The van der Waals surface area contributed by atoms with Crippen LogP contribution in [0.25, 0.3) is 0 Å². The molecule has 3 aromatic rings. The van der Waals surface area contributed by atoms with Crippen LogP contribution in [0.5, 0.6) is 5.75 Å². The maximum Gasteiger partial charge on any atom is 0.154 e. The zero-order valence-corrected chi connectivity index (χ0v) is 21.3. The van der Waals surface area contributed by atoms with E-state index < -0.39 is 15.9 Å². The number of ether oxygens (including phenoxy) is 1. The molecule has 7 heteroatoms. The molecule has 188 valence electrons. The highest BCUT2D eigenvalue weighted by Crippen LogP contribution is 2.23. The Morgan fingerprint density at radius 1 is 0.889 bits per heavy atom. The molecule has 1 aliphatic heterocycles. The van der Waals surface area contributed by atoms with E-state index in [1.807, 2.05) is 77.7 Å². The van der Waals surface area contributed by atoms with Gasteiger partial charge in [-0.25, -0.2) is 8.42 Å². The van der Waals surface area contributed by atoms with Gasteiger partial charge in [-0.1, -0.05) is 72.8 Å². The van der Waals surface area contributed by atoms with Crippen LogP contribution >= 0.6 is 0 Å². The molecular formula is C29H32N2O4S. The Balaban J connectivity index is 1.41. The van der Waals surface area contributed by atoms with Gasteiger partial charge in [-0.15, -0.1) is 0 Å². The van der Waals surface area contributed by atoms with Crippen molar-refractivity contribution >= 4 is 22.0 Å². The Bertz CT molecular complexity index is 1260. The van der Waals surface area contributed by atoms with Crippen LogP contribution in [0, 0.1) is 0 Å². The standard InChI is InChI=1S/C29H32N2O4S/c1-36(33,34)22-29-30-27(28(20-32)31(29)18-8-13-23-9-4-2-5-10-23)19-24-14-16-26(17-15-24)35-21-25-11-6-3-7-12-25/h2-7,9-12,14-17,20,27-28H,8,13,18-19,21-22H2,1H3. The molecule has 0 saturated carbocycles. The number of benzene rings is 3. The second-order valence-corrected chi connectivity index (χ2v) is 11.4. The Morgan fingerprint density at radius 3 is 2.14 bits per heavy atom. The summed E-state index contributed by atoms with van der Waals surface area (Å²) in [6.45, 7) is 1.07. The number of aliphatic imine (C=N–C) groups is 1. The van der Waals surface area contributed by atoms with Crippen molar-refractivity contribution in [3.8, 4) is 5.75 Å². The lowest BCUT2D eigenvalue weighted by Gasteiger charge is -2.26. The number of amidine groups is 1. The smallest absolute Gasteiger partial charge is 0.154 e. The third kappa shape index (κ3) is 7.28. The van der Waals surface area contributed by atoms with Crippen LogP contribution in [0.4, 0.5) is 0 Å². The van der Waals surface area contributed by atoms with E-state index >= 15 is 0 Å². The van der Waals surface area contributed by atoms with E-state index in [2.05, 4.69) is 12.1 Å². The van der Waals surface area contributed by atoms with Crippen molar-refractivity contribution in [3.63, 3.8) is 0 Å². The number of aldehydes is 1. The molecule has 3 aromatic carbocycles. The van der Waals surface area contributed by atoms with Gasteiger partial charge in [0.25, 0.3) is 0 Å². The van der Waals surface area contributed by atoms with Crippen molar-refractivity contribution in [2.45, 2.75) is 38.0 Å². The fourth-order valence-electron chi connectivity index (χ4n) is 4.49. The molecule has 0 aromatic heterocycles. The summed E-state index contributed by atoms with van der Waals surface area (Å²) in [5, 5.41) is 0. The summed E-state index contributed by atoms with van der Waals surface area (Å²) in [6.07, 6.45) is 4.31. The molecule has 0 fully saturated rings. The van der Waals surface area contributed by atoms with Gasteiger partial charge in [-0.2, -0.15) is 0 Å². The first kappa shape index (κ1) is 25.6. The van der Waals surface area contributed by atoms with Crippen LogP contribution in [0.1, 0.15) is 23.1 Å². The molecule has 0 amide bonds. The van der Waals surface area contributed by atoms with Crippen LogP contribution < -0.4 is 4.74 Å². The summed E-state index contributed by atoms with van der Waals surface area (Å²) in [5.41, 5.74) is 3.33. The third-order valence-corrected chi connectivity index (χ3v) is 7.04. The largest absolute Gasteiger partial charge is 0.489 e. The van der Waals surface area contributed by atoms with Gasteiger partial charge >= 0.3 is 0 Å². The molecular weight excluding hydrogens is 472 g/mol. The van der Waals surface area contributed by atoms with Gasteiger partial charge in [0.05, 0.1) is 6.04 Å². The van der Waals surface area contributed by atoms with Gasteiger partial charge < -0.3 is 14.4 Å². The van der Waals surface area contributed by atoms with Crippen molar-refractivity contribution in [2.24, 2.45) is 4.99 Å². The van der Waals surface area contributed by atoms with Crippen molar-refractivity contribution in [3.05, 3.63) is 102 Å². The second kappa shape index (κ2) is 12.0. The van der Waals surface area contributed by atoms with E-state index in [-0.39, 0.29) is 11.8 Å². The summed E-state index contributed by atoms with van der Waals surface area (Å²) >= 11 is 0. The van der Waals surface area contributed by atoms with Crippen LogP contribution in [0.15, 0.2) is 89.9 Å². The maximum absolute atomic E-state index is 12.2. The average molecular weight is 505 g/mol. The molecule has 2 atom stereocenters. The number of rotatable bonds is 12. The summed E-state index contributed by atoms with van der Waals surface area (Å²) in [4.78, 5) is 18.8. The number of carbonyl (C=O) groups excluding carboxylic acids is 1. The zero-order valence-electron chi connectivity index (χ0n) is 20.5. The fraction of sp³-hybridized carbons (Fsp3) is 0.310. The first-order valence-corrected chi connectivity index (χ1v) is 14.2. The lowest BCUT2D eigenvalue weighted by molar-refractivity contribution is -0.111. The van der Waals surface area contributed by atoms with Crippen molar-refractivity contribution in [1.82, 2.24) is 4.90 Å². The van der Waals surface area contributed by atoms with E-state index in [1.165, 1.54) is 11.8 Å². The second-order valence-electron chi connectivity index (χ2n) is 9.21. The minimum Gasteiger partial charge on any atom is -0.489 e. The molecule has 0 radical (unpaired) electrons. The quantitative estimate of drug-likeness (QED) is 0.347. The van der Waals surface area contributed by atoms with Crippen LogP contribution in [-0.2, 0) is 34.1 Å². The molecule has 4 rings (SSSR count). The summed E-state index contributed by atoms with van der Waals surface area (Å²) in [5.74, 6) is 1.09. The molecule has 0 bridgehead atoms. The monoisotopic (exact) mass is 504 g/mol. The van der Waals surface area contributed by atoms with Crippen LogP contribution in [0.3, 0.4) is 0 Å². The lowest BCUT2D eigenvalue weighted by Crippen LogP contribution is -2.44. The molecule has 36 heavy (non-hydrogen) atoms. The average Bonchev–Trinajstić information content (AvgIpc) is 3.18. The van der Waals surface area contributed by atoms with E-state index in [0.29, 0.717) is 25.4 Å². The number of hydrogen-bond acceptors (Lipinski definition) is 6. The Labute approximate surface area is 213 Å². The van der Waals surface area contributed by atoms with Crippen molar-refractivity contribution in [2.75, 3.05) is 18.6 Å². The summed E-state index contributed by atoms with van der Waals surface area (Å²) < 4.78 is 30.0. The summed E-state index contributed by atoms with van der Waals surface area (Å²) in [6, 6.07) is 27.1. The molecule has 0 N–H and O–H groups in total. The molecule has 0 aliphatic carbocycles. The lowest BCUT2D eigenvalue weighted by atomic mass is 10.0. The van der Waals surface area contributed by atoms with E-state index in [9.17, 15) is 13.2 Å². The van der Waals surface area contributed by atoms with Gasteiger partial charge in [0.1, 0.15) is 36.3 Å². The zero-order chi connectivity index (χ0) is 25.4. The highest BCUT2D eigenvalue weighted by atomic mass is 32.2. The van der Waals surface area contributed by atoms with E-state index in [1.54, 1.807) is 0 Å². The molecule has 6 nitrogen and oxygen atoms in total. The SMILES string of the molecule is CS(=O)(=O)CC1=NC(Cc2ccc(OCc3ccccc3)cc2)C(C=O)N1CCCc1ccccc1. The molecule has 0 spiro atoms. The Hall–Kier alpha value is -3.45. The fourth-order valence-corrected chi connectivity index (χ4v) is 5.20. The summed E-state index contributed by atoms with van der Waals surface area (Å²) in [7, 11) is -3.29. The first-order chi connectivity index (χ1) is 17.4. The number of aryl methyl sites for hydroxylation is 1. The van der Waals surface area contributed by atoms with Crippen LogP contribution in [0.2, 0.25) is 0 Å². The van der Waals surface area contributed by atoms with Gasteiger partial charge in [0.15, 0.2) is 9.84 Å². The first-order valence-electron chi connectivity index (χ1n) is 12.2. The van der Waals surface area contributed by atoms with Gasteiger partial charge in [-0.3, -0.25) is 4.99 Å². The molecule has 1 heterocycles. The maximum atomic E-state index is 12.2. The van der Waals surface area contributed by atoms with E-state index in [4.69, 9.17) is 9.73 Å². The highest BCUT2D eigenvalue weighted by Gasteiger charge is 2.36. The van der Waals surface area contributed by atoms with E-state index in [0.717, 1.165) is 36.0 Å². The van der Waals surface area contributed by atoms with Crippen LogP contribution in [-0.4, -0.2) is 56.1 Å². The number of sulfone groups is 1. The molecule has 0 saturated heterocycles. The number of nitrogens with zero attached hydrogens (tertiary/aromatic N) is 2. The van der Waals surface area contributed by atoms with Gasteiger partial charge in [-0.05, 0) is 48.1 Å². The Kier molecular flexibility index (Phi) is 8.54. The van der Waals surface area contributed by atoms with Gasteiger partial charge in [0, 0.05) is 12.8 Å². The highest BCUT2D eigenvalue weighted by molar-refractivity contribution is 7.91. The van der Waals surface area contributed by atoms with Crippen molar-refractivity contribution < 1.29 is 17.9 Å². The Morgan fingerprint density at radius 2 is 1.53 bits per heavy atom. The van der Waals surface area contributed by atoms with Gasteiger partial charge in [0.2, 0.25) is 0 Å². The third-order valence-electron chi connectivity index (χ3n) is 6.26. The minimum atomic E-state index is -3.29. The normalized spacial score (nSPS) is 17.6. The number of carbonyl (C=O) groups is 1. The predicted molar refractivity (Wildman–Crippen MR) is 143 cm³/mol.